The van der Waals surface area contributed by atoms with Gasteiger partial charge in [0.25, 0.3) is 5.91 Å². The lowest BCUT2D eigenvalue weighted by atomic mass is 10.1. The van der Waals surface area contributed by atoms with Gasteiger partial charge in [0.15, 0.2) is 0 Å². The van der Waals surface area contributed by atoms with E-state index < -0.39 is 18.1 Å². The molecular weight excluding hydrogens is 359 g/mol. The molecule has 3 N–H and O–H groups in total. The smallest absolute Gasteiger partial charge is 0.255 e. The summed E-state index contributed by atoms with van der Waals surface area (Å²) < 4.78 is 0.856. The standard InChI is InChI=1S/C13H15IN2O3/c1-7-3-2-4-9(11(7)14)13(19)16-6-8(17)5-10(16)12(15)18/h2-4,8,10,17H,5-6H2,1H3,(H2,15,18). The number of primary amides is 1. The molecule has 1 aliphatic rings. The maximum absolute atomic E-state index is 12.5. The minimum Gasteiger partial charge on any atom is -0.391 e. The average Bonchev–Trinajstić information content (AvgIpc) is 2.74. The number of amides is 2. The molecular formula is C13H15IN2O3. The summed E-state index contributed by atoms with van der Waals surface area (Å²) in [5.74, 6) is -0.832. The van der Waals surface area contributed by atoms with Crippen molar-refractivity contribution in [2.45, 2.75) is 25.5 Å². The minimum absolute atomic E-state index is 0.149. The number of aliphatic hydroxyl groups is 1. The molecule has 6 heteroatoms. The van der Waals surface area contributed by atoms with Crippen molar-refractivity contribution >= 4 is 34.4 Å². The summed E-state index contributed by atoms with van der Waals surface area (Å²) in [4.78, 5) is 25.2. The van der Waals surface area contributed by atoms with E-state index in [4.69, 9.17) is 5.73 Å². The van der Waals surface area contributed by atoms with Crippen molar-refractivity contribution in [3.8, 4) is 0 Å². The lowest BCUT2D eigenvalue weighted by Crippen LogP contribution is -2.44. The zero-order chi connectivity index (χ0) is 14.2. The highest BCUT2D eigenvalue weighted by molar-refractivity contribution is 14.1. The monoisotopic (exact) mass is 374 g/mol. The molecule has 2 amide bonds. The van der Waals surface area contributed by atoms with Crippen molar-refractivity contribution in [2.75, 3.05) is 6.54 Å². The van der Waals surface area contributed by atoms with E-state index in [1.54, 1.807) is 12.1 Å². The summed E-state index contributed by atoms with van der Waals surface area (Å²) in [5, 5.41) is 9.64. The number of hydrogen-bond donors (Lipinski definition) is 2. The van der Waals surface area contributed by atoms with Crippen LogP contribution in [0.25, 0.3) is 0 Å². The summed E-state index contributed by atoms with van der Waals surface area (Å²) in [5.41, 5.74) is 6.83. The number of halogens is 1. The van der Waals surface area contributed by atoms with Gasteiger partial charge in [-0.2, -0.15) is 0 Å². The first-order chi connectivity index (χ1) is 8.91. The van der Waals surface area contributed by atoms with Crippen molar-refractivity contribution < 1.29 is 14.7 Å². The molecule has 5 nitrogen and oxygen atoms in total. The first-order valence-corrected chi connectivity index (χ1v) is 7.03. The normalized spacial score (nSPS) is 22.6. The summed E-state index contributed by atoms with van der Waals surface area (Å²) in [6, 6.07) is 4.72. The molecule has 0 radical (unpaired) electrons. The second-order valence-electron chi connectivity index (χ2n) is 4.70. The number of carbonyl (C=O) groups excluding carboxylic acids is 2. The highest BCUT2D eigenvalue weighted by atomic mass is 127. The number of likely N-dealkylation sites (tertiary alicyclic amines) is 1. The van der Waals surface area contributed by atoms with Gasteiger partial charge in [0.05, 0.1) is 11.7 Å². The van der Waals surface area contributed by atoms with Crippen LogP contribution in [-0.2, 0) is 4.79 Å². The number of benzene rings is 1. The predicted octanol–water partition coefficient (Wildman–Crippen LogP) is 0.660. The third-order valence-electron chi connectivity index (χ3n) is 3.29. The van der Waals surface area contributed by atoms with Crippen LogP contribution < -0.4 is 5.73 Å². The first kappa shape index (κ1) is 14.3. The molecule has 0 aromatic heterocycles. The first-order valence-electron chi connectivity index (χ1n) is 5.95. The van der Waals surface area contributed by atoms with Gasteiger partial charge < -0.3 is 15.7 Å². The average molecular weight is 374 g/mol. The Morgan fingerprint density at radius 2 is 2.16 bits per heavy atom. The van der Waals surface area contributed by atoms with Gasteiger partial charge in [0, 0.05) is 16.5 Å². The van der Waals surface area contributed by atoms with E-state index in [9.17, 15) is 14.7 Å². The zero-order valence-corrected chi connectivity index (χ0v) is 12.6. The number of aliphatic hydroxyl groups excluding tert-OH is 1. The van der Waals surface area contributed by atoms with Crippen LogP contribution in [0.15, 0.2) is 18.2 Å². The van der Waals surface area contributed by atoms with Gasteiger partial charge in [0.1, 0.15) is 6.04 Å². The molecule has 1 aromatic rings. The maximum atomic E-state index is 12.5. The van der Waals surface area contributed by atoms with Crippen LogP contribution >= 0.6 is 22.6 Å². The van der Waals surface area contributed by atoms with Gasteiger partial charge >= 0.3 is 0 Å². The Hall–Kier alpha value is -1.15. The van der Waals surface area contributed by atoms with E-state index in [1.165, 1.54) is 4.90 Å². The molecule has 1 heterocycles. The van der Waals surface area contributed by atoms with E-state index >= 15 is 0 Å². The minimum atomic E-state index is -0.723. The van der Waals surface area contributed by atoms with Crippen LogP contribution in [0.5, 0.6) is 0 Å². The number of aryl methyl sites for hydroxylation is 1. The topological polar surface area (TPSA) is 83.6 Å². The summed E-state index contributed by atoms with van der Waals surface area (Å²) in [6.45, 7) is 2.07. The Labute approximate surface area is 124 Å². The predicted molar refractivity (Wildman–Crippen MR) is 78.5 cm³/mol. The Bertz CT molecular complexity index is 533. The molecule has 2 atom stereocenters. The van der Waals surface area contributed by atoms with Crippen molar-refractivity contribution in [3.05, 3.63) is 32.9 Å². The summed E-state index contributed by atoms with van der Waals surface area (Å²) in [7, 11) is 0. The molecule has 1 aliphatic heterocycles. The number of nitrogens with two attached hydrogens (primary N) is 1. The highest BCUT2D eigenvalue weighted by Crippen LogP contribution is 2.24. The van der Waals surface area contributed by atoms with Gasteiger partial charge in [-0.3, -0.25) is 9.59 Å². The number of β-amino-alcohol motifs (C(OH)–C–C–N with tert-alkyl or cyclic N) is 1. The maximum Gasteiger partial charge on any atom is 0.255 e. The van der Waals surface area contributed by atoms with Crippen LogP contribution in [0, 0.1) is 10.5 Å². The Balaban J connectivity index is 2.33. The second-order valence-corrected chi connectivity index (χ2v) is 5.78. The van der Waals surface area contributed by atoms with Gasteiger partial charge in [-0.25, -0.2) is 0 Å². The fourth-order valence-electron chi connectivity index (χ4n) is 2.28. The third-order valence-corrected chi connectivity index (χ3v) is 4.72. The molecule has 0 aliphatic carbocycles. The number of rotatable bonds is 2. The molecule has 1 fully saturated rings. The van der Waals surface area contributed by atoms with Gasteiger partial charge in [-0.1, -0.05) is 12.1 Å². The Morgan fingerprint density at radius 1 is 1.47 bits per heavy atom. The van der Waals surface area contributed by atoms with E-state index in [0.29, 0.717) is 5.56 Å². The van der Waals surface area contributed by atoms with Gasteiger partial charge in [-0.15, -0.1) is 0 Å². The fraction of sp³-hybridized carbons (Fsp3) is 0.385. The molecule has 0 spiro atoms. The molecule has 102 valence electrons. The Morgan fingerprint density at radius 3 is 2.79 bits per heavy atom. The highest BCUT2D eigenvalue weighted by Gasteiger charge is 2.38. The van der Waals surface area contributed by atoms with Crippen LogP contribution in [0.2, 0.25) is 0 Å². The van der Waals surface area contributed by atoms with Crippen molar-refractivity contribution in [1.82, 2.24) is 4.90 Å². The molecule has 2 unspecified atom stereocenters. The molecule has 1 saturated heterocycles. The van der Waals surface area contributed by atoms with E-state index in [-0.39, 0.29) is 18.9 Å². The second kappa shape index (κ2) is 5.46. The lowest BCUT2D eigenvalue weighted by molar-refractivity contribution is -0.121. The summed E-state index contributed by atoms with van der Waals surface area (Å²) >= 11 is 2.11. The number of hydrogen-bond acceptors (Lipinski definition) is 3. The van der Waals surface area contributed by atoms with Crippen LogP contribution in [0.3, 0.4) is 0 Å². The lowest BCUT2D eigenvalue weighted by Gasteiger charge is -2.22. The van der Waals surface area contributed by atoms with Crippen LogP contribution in [-0.4, -0.2) is 40.5 Å². The SMILES string of the molecule is Cc1cccc(C(=O)N2CC(O)CC2C(N)=O)c1I. The van der Waals surface area contributed by atoms with E-state index in [0.717, 1.165) is 9.13 Å². The quantitative estimate of drug-likeness (QED) is 0.747. The number of nitrogens with zero attached hydrogens (tertiary/aromatic N) is 1. The van der Waals surface area contributed by atoms with E-state index in [1.807, 2.05) is 13.0 Å². The van der Waals surface area contributed by atoms with Crippen molar-refractivity contribution in [1.29, 1.82) is 0 Å². The van der Waals surface area contributed by atoms with Crippen LogP contribution in [0.4, 0.5) is 0 Å². The Kier molecular flexibility index (Phi) is 4.10. The largest absolute Gasteiger partial charge is 0.391 e. The fourth-order valence-corrected chi connectivity index (χ4v) is 2.87. The van der Waals surface area contributed by atoms with Gasteiger partial charge in [0.2, 0.25) is 5.91 Å². The number of carbonyl (C=O) groups is 2. The molecule has 19 heavy (non-hydrogen) atoms. The molecule has 1 aromatic carbocycles. The summed E-state index contributed by atoms with van der Waals surface area (Å²) in [6.07, 6.45) is -0.479. The molecule has 2 rings (SSSR count). The van der Waals surface area contributed by atoms with Gasteiger partial charge in [-0.05, 0) is 41.1 Å². The van der Waals surface area contributed by atoms with Crippen LogP contribution in [0.1, 0.15) is 22.3 Å². The third kappa shape index (κ3) is 2.74. The molecule has 0 saturated carbocycles. The van der Waals surface area contributed by atoms with Crippen molar-refractivity contribution in [2.24, 2.45) is 5.73 Å². The van der Waals surface area contributed by atoms with Crippen molar-refractivity contribution in [3.63, 3.8) is 0 Å². The molecule has 0 bridgehead atoms. The zero-order valence-electron chi connectivity index (χ0n) is 10.5. The van der Waals surface area contributed by atoms with E-state index in [2.05, 4.69) is 22.6 Å².